The Bertz CT molecular complexity index is 831. The molecule has 2 aliphatic rings. The van der Waals surface area contributed by atoms with Gasteiger partial charge in [0.1, 0.15) is 0 Å². The maximum atomic E-state index is 11.8. The molecule has 1 saturated heterocycles. The van der Waals surface area contributed by atoms with Crippen LogP contribution in [0.2, 0.25) is 0 Å². The van der Waals surface area contributed by atoms with Gasteiger partial charge < -0.3 is 9.94 Å². The van der Waals surface area contributed by atoms with Gasteiger partial charge in [-0.25, -0.2) is 4.79 Å². The van der Waals surface area contributed by atoms with Gasteiger partial charge in [-0.15, -0.1) is 5.06 Å². The number of nitrogens with zero attached hydrogens (tertiary/aromatic N) is 1. The monoisotopic (exact) mass is 453 g/mol. The molecule has 1 heterocycles. The van der Waals surface area contributed by atoms with Crippen molar-refractivity contribution >= 4 is 17.8 Å². The number of carbonyl (C=O) groups is 3. The number of aliphatic hydroxyl groups is 1. The lowest BCUT2D eigenvalue weighted by Crippen LogP contribution is -2.31. The molecule has 1 aromatic carbocycles. The van der Waals surface area contributed by atoms with Crippen molar-refractivity contribution in [2.75, 3.05) is 0 Å². The molecule has 1 aromatic rings. The maximum absolute atomic E-state index is 11.8. The summed E-state index contributed by atoms with van der Waals surface area (Å²) >= 11 is 0. The van der Waals surface area contributed by atoms with E-state index in [0.717, 1.165) is 44.9 Å². The third kappa shape index (κ3) is 7.97. The molecule has 0 aromatic heterocycles. The third-order valence-electron chi connectivity index (χ3n) is 6.42. The van der Waals surface area contributed by atoms with Crippen molar-refractivity contribution in [3.63, 3.8) is 0 Å². The van der Waals surface area contributed by atoms with E-state index in [1.165, 1.54) is 5.56 Å². The summed E-state index contributed by atoms with van der Waals surface area (Å²) < 4.78 is 0. The van der Waals surface area contributed by atoms with Gasteiger partial charge in [0.2, 0.25) is 0 Å². The maximum Gasteiger partial charge on any atom is 0.333 e. The normalized spacial score (nSPS) is 23.3. The summed E-state index contributed by atoms with van der Waals surface area (Å²) in [5.41, 5.74) is 1.36. The Morgan fingerprint density at radius 2 is 1.73 bits per heavy atom. The number of aliphatic hydroxyl groups excluding tert-OH is 1. The fraction of sp³-hybridized carbons (Fsp3) is 0.519. The molecule has 6 nitrogen and oxygen atoms in total. The van der Waals surface area contributed by atoms with E-state index >= 15 is 0 Å². The van der Waals surface area contributed by atoms with Gasteiger partial charge >= 0.3 is 5.97 Å². The highest BCUT2D eigenvalue weighted by Crippen LogP contribution is 2.36. The van der Waals surface area contributed by atoms with Crippen LogP contribution in [0.4, 0.5) is 0 Å². The molecule has 33 heavy (non-hydrogen) atoms. The number of hydrogen-bond acceptors (Lipinski definition) is 5. The summed E-state index contributed by atoms with van der Waals surface area (Å²) in [4.78, 5) is 39.6. The fourth-order valence-electron chi connectivity index (χ4n) is 4.52. The minimum Gasteiger partial charge on any atom is -0.393 e. The number of benzene rings is 1. The number of hydroxylamine groups is 2. The SMILES string of the molecule is O=C(CCC/C=C\C[C@H]1CC[C@@H](O)C1/C=C/CCCc1ccccc1)ON1C(=O)CCC1=O. The lowest BCUT2D eigenvalue weighted by atomic mass is 9.90. The van der Waals surface area contributed by atoms with Crippen LogP contribution in [0.5, 0.6) is 0 Å². The molecule has 2 amide bonds. The van der Waals surface area contributed by atoms with Crippen LogP contribution in [-0.2, 0) is 25.6 Å². The van der Waals surface area contributed by atoms with Gasteiger partial charge in [-0.1, -0.05) is 54.6 Å². The van der Waals surface area contributed by atoms with E-state index in [1.807, 2.05) is 6.07 Å². The van der Waals surface area contributed by atoms with Crippen molar-refractivity contribution in [2.45, 2.75) is 76.7 Å². The van der Waals surface area contributed by atoms with Gasteiger partial charge in [0.15, 0.2) is 0 Å². The quantitative estimate of drug-likeness (QED) is 0.282. The van der Waals surface area contributed by atoms with Crippen molar-refractivity contribution in [2.24, 2.45) is 11.8 Å². The second-order valence-corrected chi connectivity index (χ2v) is 8.93. The molecule has 3 rings (SSSR count). The Labute approximate surface area is 196 Å². The van der Waals surface area contributed by atoms with Crippen molar-refractivity contribution in [3.05, 3.63) is 60.2 Å². The van der Waals surface area contributed by atoms with Gasteiger partial charge in [0, 0.05) is 25.2 Å². The molecule has 0 radical (unpaired) electrons. The highest BCUT2D eigenvalue weighted by Gasteiger charge is 2.33. The van der Waals surface area contributed by atoms with E-state index in [1.54, 1.807) is 0 Å². The van der Waals surface area contributed by atoms with Crippen molar-refractivity contribution in [1.29, 1.82) is 0 Å². The first-order chi connectivity index (χ1) is 16.0. The topological polar surface area (TPSA) is 83.9 Å². The summed E-state index contributed by atoms with van der Waals surface area (Å²) in [6.07, 6.45) is 16.0. The zero-order valence-electron chi connectivity index (χ0n) is 19.2. The zero-order chi connectivity index (χ0) is 23.5. The average molecular weight is 454 g/mol. The van der Waals surface area contributed by atoms with E-state index in [9.17, 15) is 19.5 Å². The van der Waals surface area contributed by atoms with E-state index in [0.29, 0.717) is 17.4 Å². The lowest BCUT2D eigenvalue weighted by Gasteiger charge is -2.17. The van der Waals surface area contributed by atoms with Crippen LogP contribution in [0.15, 0.2) is 54.6 Å². The van der Waals surface area contributed by atoms with Crippen molar-refractivity contribution in [3.8, 4) is 0 Å². The second kappa shape index (κ2) is 13.1. The molecule has 2 fully saturated rings. The minimum absolute atomic E-state index is 0.106. The third-order valence-corrected chi connectivity index (χ3v) is 6.42. The van der Waals surface area contributed by atoms with Crippen LogP contribution < -0.4 is 0 Å². The number of aryl methyl sites for hydroxylation is 1. The molecule has 1 N–H and O–H groups in total. The fourth-order valence-corrected chi connectivity index (χ4v) is 4.52. The molecule has 178 valence electrons. The molecule has 0 bridgehead atoms. The largest absolute Gasteiger partial charge is 0.393 e. The summed E-state index contributed by atoms with van der Waals surface area (Å²) in [5.74, 6) is -0.808. The van der Waals surface area contributed by atoms with Gasteiger partial charge in [-0.2, -0.15) is 0 Å². The Hall–Kier alpha value is -2.73. The number of allylic oxidation sites excluding steroid dienone is 3. The van der Waals surface area contributed by atoms with Gasteiger partial charge in [0.05, 0.1) is 6.10 Å². The standard InChI is InChI=1S/C27H35NO5/c29-24-18-17-22(23(24)15-9-4-7-13-21-11-5-3-6-12-21)14-8-1-2-10-16-27(32)33-28-25(30)19-20-26(28)31/h1,3,5-6,8-9,11-12,15,22-24,29H,2,4,7,10,13-14,16-20H2/b8-1-,15-9+/t22-,23?,24+/m0/s1. The first-order valence-corrected chi connectivity index (χ1v) is 12.1. The Kier molecular flexibility index (Phi) is 9.88. The van der Waals surface area contributed by atoms with Crippen LogP contribution in [0, 0.1) is 11.8 Å². The average Bonchev–Trinajstić information content (AvgIpc) is 3.32. The van der Waals surface area contributed by atoms with Gasteiger partial charge in [-0.05, 0) is 62.8 Å². The minimum atomic E-state index is -0.552. The number of rotatable bonds is 12. The second-order valence-electron chi connectivity index (χ2n) is 8.93. The van der Waals surface area contributed by atoms with Crippen LogP contribution in [-0.4, -0.2) is 34.1 Å². The van der Waals surface area contributed by atoms with Crippen LogP contribution >= 0.6 is 0 Å². The first-order valence-electron chi connectivity index (χ1n) is 12.1. The molecular formula is C27H35NO5. The van der Waals surface area contributed by atoms with Crippen LogP contribution in [0.3, 0.4) is 0 Å². The van der Waals surface area contributed by atoms with E-state index in [4.69, 9.17) is 4.84 Å². The number of carbonyl (C=O) groups excluding carboxylic acids is 3. The number of imide groups is 1. The summed E-state index contributed by atoms with van der Waals surface area (Å²) in [6, 6.07) is 10.5. The summed E-state index contributed by atoms with van der Waals surface area (Å²) in [6.45, 7) is 0. The van der Waals surface area contributed by atoms with Gasteiger partial charge in [0.25, 0.3) is 11.8 Å². The van der Waals surface area contributed by atoms with Crippen LogP contribution in [0.25, 0.3) is 0 Å². The molecule has 3 atom stereocenters. The number of hydrogen-bond donors (Lipinski definition) is 1. The van der Waals surface area contributed by atoms with Crippen molar-refractivity contribution < 1.29 is 24.3 Å². The Morgan fingerprint density at radius 1 is 1.00 bits per heavy atom. The summed E-state index contributed by atoms with van der Waals surface area (Å²) in [7, 11) is 0. The zero-order valence-corrected chi connectivity index (χ0v) is 19.2. The Balaban J connectivity index is 1.30. The highest BCUT2D eigenvalue weighted by atomic mass is 16.7. The van der Waals surface area contributed by atoms with Crippen molar-refractivity contribution in [1.82, 2.24) is 5.06 Å². The molecule has 6 heteroatoms. The van der Waals surface area contributed by atoms with E-state index in [2.05, 4.69) is 48.6 Å². The lowest BCUT2D eigenvalue weighted by molar-refractivity contribution is -0.197. The number of unbranched alkanes of at least 4 members (excludes halogenated alkanes) is 2. The van der Waals surface area contributed by atoms with Gasteiger partial charge in [-0.3, -0.25) is 9.59 Å². The summed E-state index contributed by atoms with van der Waals surface area (Å²) in [5, 5.41) is 11.0. The van der Waals surface area contributed by atoms with E-state index < -0.39 is 17.8 Å². The highest BCUT2D eigenvalue weighted by molar-refractivity contribution is 6.01. The predicted octanol–water partition coefficient (Wildman–Crippen LogP) is 4.68. The first kappa shape index (κ1) is 24.9. The molecule has 1 aliphatic heterocycles. The molecule has 0 spiro atoms. The van der Waals surface area contributed by atoms with Crippen LogP contribution in [0.1, 0.15) is 69.8 Å². The number of amides is 2. The molecule has 1 saturated carbocycles. The van der Waals surface area contributed by atoms with E-state index in [-0.39, 0.29) is 31.3 Å². The molecular weight excluding hydrogens is 418 g/mol. The predicted molar refractivity (Wildman–Crippen MR) is 126 cm³/mol. The molecule has 1 unspecified atom stereocenters. The smallest absolute Gasteiger partial charge is 0.333 e. The molecule has 1 aliphatic carbocycles. The Morgan fingerprint density at radius 3 is 2.48 bits per heavy atom.